The largest absolute Gasteiger partial charge is 0.386 e. The summed E-state index contributed by atoms with van der Waals surface area (Å²) in [5.74, 6) is 1.05. The predicted molar refractivity (Wildman–Crippen MR) is 102 cm³/mol. The molecule has 0 bridgehead atoms. The van der Waals surface area contributed by atoms with E-state index < -0.39 is 0 Å². The zero-order valence-electron chi connectivity index (χ0n) is 13.6. The molecule has 2 heterocycles. The van der Waals surface area contributed by atoms with Crippen LogP contribution in [0.25, 0.3) is 11.3 Å². The predicted octanol–water partition coefficient (Wildman–Crippen LogP) is 3.82. The molecular weight excluding hydrogens is 336 g/mol. The van der Waals surface area contributed by atoms with Crippen molar-refractivity contribution in [1.82, 2.24) is 15.0 Å². The van der Waals surface area contributed by atoms with Crippen LogP contribution in [-0.4, -0.2) is 26.7 Å². The van der Waals surface area contributed by atoms with Crippen LogP contribution in [0, 0.1) is 6.92 Å². The first-order chi connectivity index (χ1) is 12.2. The van der Waals surface area contributed by atoms with Gasteiger partial charge in [-0.1, -0.05) is 6.07 Å². The molecule has 3 rings (SSSR count). The molecule has 7 heteroatoms. The third kappa shape index (κ3) is 4.30. The van der Waals surface area contributed by atoms with Crippen molar-refractivity contribution in [3.05, 3.63) is 60.6 Å². The number of rotatable bonds is 5. The lowest BCUT2D eigenvalue weighted by Gasteiger charge is -2.10. The van der Waals surface area contributed by atoms with Crippen LogP contribution in [0.15, 0.2) is 60.0 Å². The third-order valence-corrected chi connectivity index (χ3v) is 3.76. The summed E-state index contributed by atoms with van der Waals surface area (Å²) < 4.78 is 0. The normalized spacial score (nSPS) is 11.4. The summed E-state index contributed by atoms with van der Waals surface area (Å²) in [7, 11) is 0. The summed E-state index contributed by atoms with van der Waals surface area (Å²) in [6.45, 7) is 1.99. The minimum atomic E-state index is 0.187. The summed E-state index contributed by atoms with van der Waals surface area (Å²) in [4.78, 5) is 17.2. The summed E-state index contributed by atoms with van der Waals surface area (Å²) in [5.41, 5.74) is 10.0. The SMILES string of the molecule is Cc1ccc(N=C(N)CCl)cc1Nc1nccc(-c2cccnc2)n1. The fourth-order valence-electron chi connectivity index (χ4n) is 2.22. The zero-order valence-corrected chi connectivity index (χ0v) is 14.4. The highest BCUT2D eigenvalue weighted by atomic mass is 35.5. The quantitative estimate of drug-likeness (QED) is 0.414. The van der Waals surface area contributed by atoms with Crippen molar-refractivity contribution in [3.8, 4) is 11.3 Å². The molecular formula is C18H17ClN6. The molecule has 0 spiro atoms. The molecule has 3 N–H and O–H groups in total. The fourth-order valence-corrected chi connectivity index (χ4v) is 2.28. The zero-order chi connectivity index (χ0) is 17.6. The number of hydrogen-bond donors (Lipinski definition) is 2. The maximum atomic E-state index is 5.70. The topological polar surface area (TPSA) is 89.1 Å². The van der Waals surface area contributed by atoms with Gasteiger partial charge in [0.25, 0.3) is 0 Å². The van der Waals surface area contributed by atoms with Crippen LogP contribution in [0.5, 0.6) is 0 Å². The summed E-state index contributed by atoms with van der Waals surface area (Å²) in [6.07, 6.45) is 5.20. The van der Waals surface area contributed by atoms with Crippen molar-refractivity contribution >= 4 is 34.8 Å². The average Bonchev–Trinajstić information content (AvgIpc) is 2.65. The van der Waals surface area contributed by atoms with Gasteiger partial charge >= 0.3 is 0 Å². The molecule has 0 atom stereocenters. The summed E-state index contributed by atoms with van der Waals surface area (Å²) in [6, 6.07) is 11.4. The second-order valence-electron chi connectivity index (χ2n) is 5.37. The van der Waals surface area contributed by atoms with E-state index in [2.05, 4.69) is 25.3 Å². The van der Waals surface area contributed by atoms with Crippen LogP contribution in [0.3, 0.4) is 0 Å². The highest BCUT2D eigenvalue weighted by Gasteiger charge is 2.06. The van der Waals surface area contributed by atoms with Crippen LogP contribution >= 0.6 is 11.6 Å². The van der Waals surface area contributed by atoms with E-state index in [1.165, 1.54) is 0 Å². The Morgan fingerprint density at radius 2 is 2.12 bits per heavy atom. The molecule has 0 amide bonds. The number of aliphatic imine (C=N–C) groups is 1. The first kappa shape index (κ1) is 16.9. The molecule has 0 saturated carbocycles. The second-order valence-corrected chi connectivity index (χ2v) is 5.64. The number of nitrogens with one attached hydrogen (secondary N) is 1. The van der Waals surface area contributed by atoms with Gasteiger partial charge in [0.1, 0.15) is 5.84 Å². The molecule has 0 aliphatic heterocycles. The standard InChI is InChI=1S/C18H17ClN6/c1-12-4-5-14(23-17(20)10-19)9-16(12)25-18-22-8-6-15(24-18)13-3-2-7-21-11-13/h2-9,11H,10H2,1H3,(H2,20,23)(H,22,24,25). The van der Waals surface area contributed by atoms with E-state index in [1.807, 2.05) is 43.3 Å². The number of amidine groups is 1. The van der Waals surface area contributed by atoms with Gasteiger partial charge in [-0.05, 0) is 42.8 Å². The highest BCUT2D eigenvalue weighted by molar-refractivity contribution is 6.28. The first-order valence-corrected chi connectivity index (χ1v) is 8.19. The minimum Gasteiger partial charge on any atom is -0.386 e. The van der Waals surface area contributed by atoms with E-state index in [1.54, 1.807) is 18.6 Å². The summed E-state index contributed by atoms with van der Waals surface area (Å²) in [5, 5.41) is 3.23. The minimum absolute atomic E-state index is 0.187. The molecule has 0 fully saturated rings. The summed E-state index contributed by atoms with van der Waals surface area (Å²) >= 11 is 5.68. The van der Waals surface area contributed by atoms with E-state index in [4.69, 9.17) is 17.3 Å². The molecule has 6 nitrogen and oxygen atoms in total. The number of nitrogens with two attached hydrogens (primary N) is 1. The van der Waals surface area contributed by atoms with Crippen LogP contribution in [0.4, 0.5) is 17.3 Å². The molecule has 2 aromatic heterocycles. The Morgan fingerprint density at radius 1 is 1.24 bits per heavy atom. The lowest BCUT2D eigenvalue weighted by Crippen LogP contribution is -2.12. The van der Waals surface area contributed by atoms with Crippen molar-refractivity contribution in [3.63, 3.8) is 0 Å². The van der Waals surface area contributed by atoms with E-state index in [9.17, 15) is 0 Å². The van der Waals surface area contributed by atoms with Crippen LogP contribution in [-0.2, 0) is 0 Å². The van der Waals surface area contributed by atoms with E-state index in [-0.39, 0.29) is 5.88 Å². The Morgan fingerprint density at radius 3 is 2.88 bits per heavy atom. The van der Waals surface area contributed by atoms with Gasteiger partial charge in [-0.3, -0.25) is 4.98 Å². The number of aromatic nitrogens is 3. The highest BCUT2D eigenvalue weighted by Crippen LogP contribution is 2.25. The smallest absolute Gasteiger partial charge is 0.227 e. The Bertz CT molecular complexity index is 895. The van der Waals surface area contributed by atoms with Gasteiger partial charge in [0.05, 0.1) is 17.3 Å². The molecule has 0 aliphatic rings. The fraction of sp³-hybridized carbons (Fsp3) is 0.111. The van der Waals surface area contributed by atoms with E-state index in [0.29, 0.717) is 11.8 Å². The Hall–Kier alpha value is -2.99. The molecule has 126 valence electrons. The number of benzene rings is 1. The third-order valence-electron chi connectivity index (χ3n) is 3.49. The monoisotopic (exact) mass is 352 g/mol. The maximum absolute atomic E-state index is 5.70. The number of aryl methyl sites for hydroxylation is 1. The van der Waals surface area contributed by atoms with Crippen molar-refractivity contribution in [2.24, 2.45) is 10.7 Å². The van der Waals surface area contributed by atoms with Crippen molar-refractivity contribution < 1.29 is 0 Å². The van der Waals surface area contributed by atoms with E-state index >= 15 is 0 Å². The van der Waals surface area contributed by atoms with E-state index in [0.717, 1.165) is 28.2 Å². The van der Waals surface area contributed by atoms with Crippen LogP contribution in [0.1, 0.15) is 5.56 Å². The lowest BCUT2D eigenvalue weighted by atomic mass is 10.2. The molecule has 25 heavy (non-hydrogen) atoms. The number of hydrogen-bond acceptors (Lipinski definition) is 5. The van der Waals surface area contributed by atoms with Gasteiger partial charge in [-0.2, -0.15) is 0 Å². The molecule has 0 aliphatic carbocycles. The van der Waals surface area contributed by atoms with Crippen molar-refractivity contribution in [1.29, 1.82) is 0 Å². The lowest BCUT2D eigenvalue weighted by molar-refractivity contribution is 1.16. The molecule has 0 radical (unpaired) electrons. The number of halogens is 1. The maximum Gasteiger partial charge on any atom is 0.227 e. The van der Waals surface area contributed by atoms with Gasteiger partial charge < -0.3 is 11.1 Å². The van der Waals surface area contributed by atoms with Crippen LogP contribution in [0.2, 0.25) is 0 Å². The Kier molecular flexibility index (Phi) is 5.20. The van der Waals surface area contributed by atoms with Gasteiger partial charge in [0.15, 0.2) is 0 Å². The average molecular weight is 353 g/mol. The molecule has 0 saturated heterocycles. The van der Waals surface area contributed by atoms with Gasteiger partial charge in [0, 0.05) is 29.8 Å². The molecule has 0 unspecified atom stereocenters. The number of anilines is 2. The number of alkyl halides is 1. The van der Waals surface area contributed by atoms with Crippen molar-refractivity contribution in [2.45, 2.75) is 6.92 Å². The van der Waals surface area contributed by atoms with Gasteiger partial charge in [-0.25, -0.2) is 15.0 Å². The number of nitrogens with zero attached hydrogens (tertiary/aromatic N) is 4. The van der Waals surface area contributed by atoms with Crippen LogP contribution < -0.4 is 11.1 Å². The molecule has 1 aromatic carbocycles. The van der Waals surface area contributed by atoms with Gasteiger partial charge in [0.2, 0.25) is 5.95 Å². The van der Waals surface area contributed by atoms with Crippen molar-refractivity contribution in [2.75, 3.05) is 11.2 Å². The second kappa shape index (κ2) is 7.72. The Labute approximate surface area is 150 Å². The number of pyridine rings is 1. The Balaban J connectivity index is 1.89. The molecule has 3 aromatic rings. The van der Waals surface area contributed by atoms with Gasteiger partial charge in [-0.15, -0.1) is 11.6 Å². The first-order valence-electron chi connectivity index (χ1n) is 7.66.